The molecule has 1 aliphatic heterocycles. The number of anilines is 2. The number of morpholine rings is 1. The van der Waals surface area contributed by atoms with Gasteiger partial charge in [0.05, 0.1) is 29.5 Å². The number of nitro benzene ring substituents is 1. The van der Waals surface area contributed by atoms with Gasteiger partial charge in [-0.1, -0.05) is 11.6 Å². The summed E-state index contributed by atoms with van der Waals surface area (Å²) in [6.45, 7) is 4.30. The molecule has 1 fully saturated rings. The molecule has 0 bridgehead atoms. The van der Waals surface area contributed by atoms with Crippen molar-refractivity contribution in [2.75, 3.05) is 36.5 Å². The van der Waals surface area contributed by atoms with Crippen LogP contribution in [0.3, 0.4) is 0 Å². The highest BCUT2D eigenvalue weighted by molar-refractivity contribution is 6.31. The topological polar surface area (TPSA) is 84.7 Å². The number of carbonyl (C=O) groups is 1. The lowest BCUT2D eigenvalue weighted by molar-refractivity contribution is -0.385. The van der Waals surface area contributed by atoms with Crippen molar-refractivity contribution in [2.24, 2.45) is 0 Å². The predicted molar refractivity (Wildman–Crippen MR) is 100 cm³/mol. The lowest BCUT2D eigenvalue weighted by Crippen LogP contribution is -2.36. The van der Waals surface area contributed by atoms with E-state index in [1.807, 2.05) is 6.07 Å². The van der Waals surface area contributed by atoms with Crippen LogP contribution in [0.15, 0.2) is 36.4 Å². The minimum atomic E-state index is -0.468. The van der Waals surface area contributed by atoms with Gasteiger partial charge in [0.15, 0.2) is 0 Å². The van der Waals surface area contributed by atoms with Crippen LogP contribution < -0.4 is 10.2 Å². The molecule has 7 nitrogen and oxygen atoms in total. The lowest BCUT2D eigenvalue weighted by Gasteiger charge is -2.30. The number of carbonyl (C=O) groups excluding carboxylic acids is 1. The van der Waals surface area contributed by atoms with E-state index in [1.165, 1.54) is 18.2 Å². The van der Waals surface area contributed by atoms with E-state index >= 15 is 0 Å². The van der Waals surface area contributed by atoms with Crippen molar-refractivity contribution in [3.63, 3.8) is 0 Å². The number of aryl methyl sites for hydroxylation is 1. The van der Waals surface area contributed by atoms with Crippen molar-refractivity contribution in [3.05, 3.63) is 62.7 Å². The summed E-state index contributed by atoms with van der Waals surface area (Å²) in [7, 11) is 0. The molecule has 3 rings (SSSR count). The Kier molecular flexibility index (Phi) is 5.39. The average molecular weight is 376 g/mol. The number of hydrogen-bond acceptors (Lipinski definition) is 5. The highest BCUT2D eigenvalue weighted by atomic mass is 35.5. The van der Waals surface area contributed by atoms with Crippen LogP contribution in [0.4, 0.5) is 17.1 Å². The Morgan fingerprint density at radius 3 is 2.62 bits per heavy atom. The quantitative estimate of drug-likeness (QED) is 0.651. The standard InChI is InChI=1S/C18H18ClN3O4/c1-12-10-13(2-4-16(12)22(24)25)18(23)20-15-11-14(19)3-5-17(15)21-6-8-26-9-7-21/h2-5,10-11H,6-9H2,1H3,(H,20,23). The smallest absolute Gasteiger partial charge is 0.272 e. The number of ether oxygens (including phenoxy) is 1. The monoisotopic (exact) mass is 375 g/mol. The summed E-state index contributed by atoms with van der Waals surface area (Å²) in [5.74, 6) is -0.347. The molecular formula is C18H18ClN3O4. The van der Waals surface area contributed by atoms with E-state index < -0.39 is 4.92 Å². The number of amides is 1. The van der Waals surface area contributed by atoms with Crippen molar-refractivity contribution >= 4 is 34.6 Å². The van der Waals surface area contributed by atoms with Gasteiger partial charge in [0.25, 0.3) is 11.6 Å². The summed E-state index contributed by atoms with van der Waals surface area (Å²) >= 11 is 6.10. The molecule has 0 radical (unpaired) electrons. The van der Waals surface area contributed by atoms with E-state index in [1.54, 1.807) is 19.1 Å². The van der Waals surface area contributed by atoms with Crippen molar-refractivity contribution in [1.29, 1.82) is 0 Å². The molecular weight excluding hydrogens is 358 g/mol. The zero-order valence-corrected chi connectivity index (χ0v) is 15.0. The maximum absolute atomic E-state index is 12.6. The van der Waals surface area contributed by atoms with Gasteiger partial charge >= 0.3 is 0 Å². The molecule has 0 spiro atoms. The number of halogens is 1. The molecule has 8 heteroatoms. The Balaban J connectivity index is 1.86. The predicted octanol–water partition coefficient (Wildman–Crippen LogP) is 3.65. The Hall–Kier alpha value is -2.64. The number of hydrogen-bond donors (Lipinski definition) is 1. The lowest BCUT2D eigenvalue weighted by atomic mass is 10.1. The number of nitrogens with zero attached hydrogens (tertiary/aromatic N) is 2. The van der Waals surface area contributed by atoms with Gasteiger partial charge in [0.1, 0.15) is 0 Å². The maximum Gasteiger partial charge on any atom is 0.272 e. The largest absolute Gasteiger partial charge is 0.378 e. The van der Waals surface area contributed by atoms with Gasteiger partial charge in [0, 0.05) is 35.3 Å². The molecule has 1 N–H and O–H groups in total. The fourth-order valence-corrected chi connectivity index (χ4v) is 3.06. The fraction of sp³-hybridized carbons (Fsp3) is 0.278. The summed E-state index contributed by atoms with van der Waals surface area (Å²) in [5.41, 5.74) is 2.23. The molecule has 0 aromatic heterocycles. The number of nitro groups is 1. The Morgan fingerprint density at radius 1 is 1.23 bits per heavy atom. The normalized spacial score (nSPS) is 14.2. The molecule has 1 aliphatic rings. The first kappa shape index (κ1) is 18.2. The third-order valence-electron chi connectivity index (χ3n) is 4.21. The Labute approximate surface area is 155 Å². The molecule has 1 saturated heterocycles. The zero-order chi connectivity index (χ0) is 18.7. The number of nitrogens with one attached hydrogen (secondary N) is 1. The summed E-state index contributed by atoms with van der Waals surface area (Å²) in [6, 6.07) is 9.63. The Morgan fingerprint density at radius 2 is 1.96 bits per heavy atom. The van der Waals surface area contributed by atoms with E-state index in [-0.39, 0.29) is 11.6 Å². The molecule has 1 amide bonds. The van der Waals surface area contributed by atoms with Gasteiger partial charge in [-0.3, -0.25) is 14.9 Å². The molecule has 26 heavy (non-hydrogen) atoms. The summed E-state index contributed by atoms with van der Waals surface area (Å²) in [5, 5.41) is 14.3. The van der Waals surface area contributed by atoms with E-state index in [2.05, 4.69) is 10.2 Å². The van der Waals surface area contributed by atoms with Gasteiger partial charge in [-0.2, -0.15) is 0 Å². The van der Waals surface area contributed by atoms with Crippen LogP contribution >= 0.6 is 11.6 Å². The van der Waals surface area contributed by atoms with Crippen LogP contribution in [0.5, 0.6) is 0 Å². The molecule has 0 unspecified atom stereocenters. The SMILES string of the molecule is Cc1cc(C(=O)Nc2cc(Cl)ccc2N2CCOCC2)ccc1[N+](=O)[O-]. The van der Waals surface area contributed by atoms with E-state index in [9.17, 15) is 14.9 Å². The summed E-state index contributed by atoms with van der Waals surface area (Å²) in [4.78, 5) is 25.2. The van der Waals surface area contributed by atoms with Gasteiger partial charge in [0.2, 0.25) is 0 Å². The fourth-order valence-electron chi connectivity index (χ4n) is 2.88. The summed E-state index contributed by atoms with van der Waals surface area (Å²) < 4.78 is 5.37. The van der Waals surface area contributed by atoms with Gasteiger partial charge < -0.3 is 15.0 Å². The molecule has 2 aromatic rings. The minimum Gasteiger partial charge on any atom is -0.378 e. The van der Waals surface area contributed by atoms with Crippen LogP contribution in [-0.2, 0) is 4.74 Å². The molecule has 136 valence electrons. The first-order chi connectivity index (χ1) is 12.5. The minimum absolute atomic E-state index is 0.0155. The second-order valence-electron chi connectivity index (χ2n) is 5.97. The molecule has 2 aromatic carbocycles. The van der Waals surface area contributed by atoms with Crippen LogP contribution in [0.2, 0.25) is 5.02 Å². The third kappa shape index (κ3) is 3.95. The second-order valence-corrected chi connectivity index (χ2v) is 6.41. The van der Waals surface area contributed by atoms with Crippen molar-refractivity contribution in [2.45, 2.75) is 6.92 Å². The Bertz CT molecular complexity index is 850. The zero-order valence-electron chi connectivity index (χ0n) is 14.2. The van der Waals surface area contributed by atoms with Crippen molar-refractivity contribution < 1.29 is 14.5 Å². The van der Waals surface area contributed by atoms with E-state index in [4.69, 9.17) is 16.3 Å². The summed E-state index contributed by atoms with van der Waals surface area (Å²) in [6.07, 6.45) is 0. The highest BCUT2D eigenvalue weighted by Gasteiger charge is 2.18. The number of benzene rings is 2. The van der Waals surface area contributed by atoms with Crippen LogP contribution in [0, 0.1) is 17.0 Å². The van der Waals surface area contributed by atoms with Crippen LogP contribution in [0.25, 0.3) is 0 Å². The van der Waals surface area contributed by atoms with E-state index in [0.717, 1.165) is 18.8 Å². The van der Waals surface area contributed by atoms with Gasteiger partial charge in [-0.05, 0) is 37.3 Å². The van der Waals surface area contributed by atoms with Crippen LogP contribution in [-0.4, -0.2) is 37.1 Å². The van der Waals surface area contributed by atoms with Gasteiger partial charge in [-0.25, -0.2) is 0 Å². The molecule has 0 saturated carbocycles. The first-order valence-corrected chi connectivity index (χ1v) is 8.52. The molecule has 1 heterocycles. The molecule has 0 aliphatic carbocycles. The van der Waals surface area contributed by atoms with Gasteiger partial charge in [-0.15, -0.1) is 0 Å². The molecule has 0 atom stereocenters. The van der Waals surface area contributed by atoms with E-state index in [0.29, 0.717) is 35.1 Å². The first-order valence-electron chi connectivity index (χ1n) is 8.14. The number of rotatable bonds is 4. The average Bonchev–Trinajstić information content (AvgIpc) is 2.62. The van der Waals surface area contributed by atoms with Crippen molar-refractivity contribution in [1.82, 2.24) is 0 Å². The maximum atomic E-state index is 12.6. The van der Waals surface area contributed by atoms with Crippen molar-refractivity contribution in [3.8, 4) is 0 Å². The van der Waals surface area contributed by atoms with Crippen LogP contribution in [0.1, 0.15) is 15.9 Å². The third-order valence-corrected chi connectivity index (χ3v) is 4.45. The second kappa shape index (κ2) is 7.72. The highest BCUT2D eigenvalue weighted by Crippen LogP contribution is 2.30.